The van der Waals surface area contributed by atoms with E-state index in [1.54, 1.807) is 59.9 Å². The lowest BCUT2D eigenvalue weighted by atomic mass is 10.2. The van der Waals surface area contributed by atoms with Gasteiger partial charge in [0.15, 0.2) is 24.0 Å². The van der Waals surface area contributed by atoms with Gasteiger partial charge in [-0.2, -0.15) is 39.5 Å². The summed E-state index contributed by atoms with van der Waals surface area (Å²) in [5.41, 5.74) is 3.69. The van der Waals surface area contributed by atoms with E-state index in [0.717, 1.165) is 114 Å². The van der Waals surface area contributed by atoms with Crippen LogP contribution in [0, 0.1) is 41.5 Å². The number of alkyl halides is 9. The number of hydrogen-bond donors (Lipinski definition) is 3. The van der Waals surface area contributed by atoms with E-state index in [0.29, 0.717) is 88.3 Å². The SMILES string of the molecule is C=C(CCSc1ccc(OCC(=O)O)c(C)c1)Oc1ccc(C(F)(F)F)cc1.C=C(CCSc1ccc(OCC(C)=O)c(C)c1)Oc1ccc(C(F)(F)F)cc1.C=CC(=O)Oc1ccc(C)cc1.CC(=O)COc1ccc(S)cc1C.CC(=O)COc1ccc(SCCC(=O)Oc2ccc(C(F)(F)F)cc2)cc1C.CCCC(=O)Cl.Cc1ccc(O)cc1. The summed E-state index contributed by atoms with van der Waals surface area (Å²) in [6.07, 6.45) is -9.51. The van der Waals surface area contributed by atoms with Crippen LogP contribution < -0.4 is 37.9 Å². The van der Waals surface area contributed by atoms with Crippen LogP contribution in [0.25, 0.3) is 0 Å². The predicted molar refractivity (Wildman–Crippen MR) is 465 cm³/mol. The molecule has 660 valence electrons. The summed E-state index contributed by atoms with van der Waals surface area (Å²) in [6, 6.07) is 49.5. The van der Waals surface area contributed by atoms with Gasteiger partial charge in [-0.3, -0.25) is 24.0 Å². The third kappa shape index (κ3) is 46.7. The molecule has 0 aliphatic heterocycles. The van der Waals surface area contributed by atoms with Gasteiger partial charge in [-0.05, 0) is 272 Å². The van der Waals surface area contributed by atoms with Crippen LogP contribution in [-0.4, -0.2) is 94.4 Å². The maximum atomic E-state index is 12.6. The summed E-state index contributed by atoms with van der Waals surface area (Å²) < 4.78 is 155. The lowest BCUT2D eigenvalue weighted by molar-refractivity contribution is -0.139. The Morgan fingerprint density at radius 3 is 1.00 bits per heavy atom. The Hall–Kier alpha value is -11.1. The molecule has 9 aromatic rings. The number of phenols is 1. The lowest BCUT2D eigenvalue weighted by Crippen LogP contribution is -2.10. The molecule has 0 unspecified atom stereocenters. The monoisotopic (exact) mass is 1810 g/mol. The highest BCUT2D eigenvalue weighted by Gasteiger charge is 2.32. The second-order valence-corrected chi connectivity index (χ2v) is 30.8. The summed E-state index contributed by atoms with van der Waals surface area (Å²) in [7, 11) is 0. The molecule has 0 aromatic heterocycles. The number of ketones is 3. The molecule has 0 fully saturated rings. The molecule has 0 saturated heterocycles. The number of aryl methyl sites for hydroxylation is 6. The van der Waals surface area contributed by atoms with E-state index in [2.05, 4.69) is 32.4 Å². The standard InChI is InChI=1S/C21H21F3O3S.2C20H19F3O4S.C10H12O2S.C10H10O2.C7H8O.C4H7ClO/c1-14-12-19(8-9-20(14)26-13-15(2)25)28-11-10-16(3)27-18-6-4-17(5-7-18)21(22,23)24;1-13-11-17(7-8-18(13)26-12-14(2)24)28-10-9-19(25)27-16-5-3-15(4-6-16)20(21,22)23;1-13-11-17(7-8-18(13)26-12-19(24)25)28-10-9-14(2)27-16-5-3-15(4-6-16)20(21,22)23;1-7-5-9(13)3-4-10(7)12-6-8(2)11;1-3-10(11)12-9-6-4-8(2)5-7-9;1-6-2-4-7(8)5-3-6;1-2-3-4(5)6/h4-9,12H,3,10-11,13H2,1-2H3;3-8,11H,9-10,12H2,1-2H3;3-8,11H,2,9-10,12H2,1H3,(H,24,25);3-5,13H,6H2,1-2H3;3-7H,1H2,2H3;2-5,8H,1H3;2-3H2,1H3. The topological polar surface area (TPSA) is 234 Å². The molecule has 0 aliphatic rings. The number of carboxylic acids is 1. The van der Waals surface area contributed by atoms with Gasteiger partial charge in [0, 0.05) is 62.2 Å². The summed E-state index contributed by atoms with van der Waals surface area (Å²) in [5, 5.41) is 17.2. The van der Waals surface area contributed by atoms with Crippen molar-refractivity contribution in [2.24, 2.45) is 0 Å². The molecule has 2 N–H and O–H groups in total. The number of phenolic OH excluding ortho intramolecular Hbond substituents is 1. The van der Waals surface area contributed by atoms with Crippen LogP contribution >= 0.6 is 59.5 Å². The molecule has 31 heteroatoms. The van der Waals surface area contributed by atoms with Crippen molar-refractivity contribution in [2.45, 2.75) is 139 Å². The fourth-order valence-corrected chi connectivity index (χ4v) is 12.5. The fourth-order valence-electron chi connectivity index (χ4n) is 9.17. The molecule has 0 bridgehead atoms. The number of esters is 2. The van der Waals surface area contributed by atoms with E-state index >= 15 is 0 Å². The van der Waals surface area contributed by atoms with Gasteiger partial charge in [-0.1, -0.05) is 62.1 Å². The molecule has 9 aromatic carbocycles. The Bertz CT molecular complexity index is 4540. The van der Waals surface area contributed by atoms with Crippen LogP contribution in [0.3, 0.4) is 0 Å². The molecule has 0 atom stereocenters. The molecule has 0 radical (unpaired) electrons. The Morgan fingerprint density at radius 1 is 0.415 bits per heavy atom. The molecule has 0 saturated carbocycles. The molecule has 0 heterocycles. The molecule has 9 rings (SSSR count). The van der Waals surface area contributed by atoms with Crippen LogP contribution in [0.4, 0.5) is 39.5 Å². The van der Waals surface area contributed by atoms with Gasteiger partial charge in [0.25, 0.3) is 0 Å². The number of carboxylic acid groups (broad SMARTS) is 1. The first-order valence-corrected chi connectivity index (χ1v) is 41.1. The van der Waals surface area contributed by atoms with Gasteiger partial charge >= 0.3 is 36.4 Å². The summed E-state index contributed by atoms with van der Waals surface area (Å²) in [6.45, 7) is 28.5. The maximum Gasteiger partial charge on any atom is 0.416 e. The van der Waals surface area contributed by atoms with Crippen molar-refractivity contribution >= 4 is 100 Å². The Labute approximate surface area is 733 Å². The third-order valence-corrected chi connectivity index (χ3v) is 18.8. The average Bonchev–Trinajstić information content (AvgIpc) is 0.855. The highest BCUT2D eigenvalue weighted by atomic mass is 35.5. The minimum Gasteiger partial charge on any atom is -0.508 e. The number of Topliss-reactive ketones (excluding diaryl/α,β-unsaturated/α-hetero) is 3. The van der Waals surface area contributed by atoms with Crippen molar-refractivity contribution in [2.75, 3.05) is 43.7 Å². The number of thioether (sulfide) groups is 3. The molecule has 0 aliphatic carbocycles. The average molecular weight is 1810 g/mol. The van der Waals surface area contributed by atoms with Crippen molar-refractivity contribution in [1.82, 2.24) is 0 Å². The quantitative estimate of drug-likeness (QED) is 0.00507. The van der Waals surface area contributed by atoms with Crippen molar-refractivity contribution in [1.29, 1.82) is 0 Å². The largest absolute Gasteiger partial charge is 0.508 e. The second kappa shape index (κ2) is 55.2. The minimum absolute atomic E-state index is 0.0170. The fraction of sp³-hybridized carbons (Fsp3) is 0.272. The lowest BCUT2D eigenvalue weighted by Gasteiger charge is -2.11. The maximum absolute atomic E-state index is 12.6. The van der Waals surface area contributed by atoms with Gasteiger partial charge in [-0.25, -0.2) is 9.59 Å². The van der Waals surface area contributed by atoms with E-state index < -0.39 is 59.7 Å². The zero-order chi connectivity index (χ0) is 92.0. The second-order valence-electron chi connectivity index (χ2n) is 26.4. The molecular weight excluding hydrogens is 1710 g/mol. The van der Waals surface area contributed by atoms with Crippen LogP contribution in [0.2, 0.25) is 0 Å². The van der Waals surface area contributed by atoms with Crippen LogP contribution in [0.5, 0.6) is 51.7 Å². The highest BCUT2D eigenvalue weighted by Crippen LogP contribution is 2.36. The number of carbonyl (C=O) groups is 7. The van der Waals surface area contributed by atoms with Gasteiger partial charge in [0.2, 0.25) is 5.24 Å². The molecule has 0 amide bonds. The number of ether oxygens (including phenoxy) is 8. The van der Waals surface area contributed by atoms with Gasteiger partial charge in [-0.15, -0.1) is 47.9 Å². The van der Waals surface area contributed by atoms with Crippen molar-refractivity contribution < 1.29 is 121 Å². The van der Waals surface area contributed by atoms with Gasteiger partial charge in [0.1, 0.15) is 71.6 Å². The van der Waals surface area contributed by atoms with Crippen molar-refractivity contribution in [3.63, 3.8) is 0 Å². The Balaban J connectivity index is 0.000000392. The molecule has 17 nitrogen and oxygen atoms in total. The van der Waals surface area contributed by atoms with E-state index in [9.17, 15) is 73.1 Å². The van der Waals surface area contributed by atoms with E-state index in [1.807, 2.05) is 133 Å². The Morgan fingerprint density at radius 2 is 0.715 bits per heavy atom. The van der Waals surface area contributed by atoms with Crippen molar-refractivity contribution in [3.8, 4) is 51.7 Å². The minimum atomic E-state index is -4.43. The molecule has 123 heavy (non-hydrogen) atoms. The first kappa shape index (κ1) is 106. The summed E-state index contributed by atoms with van der Waals surface area (Å²) in [5.74, 6) is 4.81. The zero-order valence-corrected chi connectivity index (χ0v) is 73.2. The number of aliphatic carboxylic acids is 1. The Kier molecular flexibility index (Phi) is 47.6. The van der Waals surface area contributed by atoms with Crippen LogP contribution in [0.15, 0.2) is 251 Å². The van der Waals surface area contributed by atoms with E-state index in [4.69, 9.17) is 59.7 Å². The number of carbonyl (C=O) groups excluding carboxylic acids is 6. The number of rotatable bonds is 33. The smallest absolute Gasteiger partial charge is 0.416 e. The predicted octanol–water partition coefficient (Wildman–Crippen LogP) is 24.3. The number of hydrogen-bond acceptors (Lipinski definition) is 20. The third-order valence-electron chi connectivity index (χ3n) is 15.3. The zero-order valence-electron chi connectivity index (χ0n) is 69.1. The summed E-state index contributed by atoms with van der Waals surface area (Å²) in [4.78, 5) is 79.4. The molecule has 0 spiro atoms. The van der Waals surface area contributed by atoms with Crippen LogP contribution in [-0.2, 0) is 52.1 Å². The van der Waals surface area contributed by atoms with Crippen molar-refractivity contribution in [3.05, 3.63) is 282 Å². The van der Waals surface area contributed by atoms with E-state index in [1.165, 1.54) is 62.4 Å². The number of thiol groups is 1. The number of allylic oxidation sites excluding steroid dienone is 2. The normalized spacial score (nSPS) is 10.5. The first-order valence-electron chi connectivity index (χ1n) is 37.3. The molecular formula is C92H96ClF9O17S4. The number of benzene rings is 9. The number of aromatic hydroxyl groups is 1. The van der Waals surface area contributed by atoms with Gasteiger partial charge < -0.3 is 48.1 Å². The number of halogens is 10. The van der Waals surface area contributed by atoms with Gasteiger partial charge in [0.05, 0.1) is 34.6 Å². The first-order chi connectivity index (χ1) is 57.8. The summed E-state index contributed by atoms with van der Waals surface area (Å²) >= 11 is 13.7. The highest BCUT2D eigenvalue weighted by molar-refractivity contribution is 7.99. The van der Waals surface area contributed by atoms with Crippen LogP contribution in [0.1, 0.15) is 110 Å². The van der Waals surface area contributed by atoms with E-state index in [-0.39, 0.29) is 54.6 Å².